The first-order chi connectivity index (χ1) is 17.3. The number of benzene rings is 2. The van der Waals surface area contributed by atoms with E-state index in [1.54, 1.807) is 35.0 Å². The number of aliphatic carboxylic acids is 1. The van der Waals surface area contributed by atoms with Crippen LogP contribution in [-0.4, -0.2) is 38.2 Å². The minimum absolute atomic E-state index is 0.0136. The van der Waals surface area contributed by atoms with Crippen LogP contribution in [0.5, 0.6) is 0 Å². The van der Waals surface area contributed by atoms with Crippen LogP contribution in [0, 0.1) is 0 Å². The number of hydrogen-bond acceptors (Lipinski definition) is 4. The van der Waals surface area contributed by atoms with E-state index in [0.717, 1.165) is 29.7 Å². The summed E-state index contributed by atoms with van der Waals surface area (Å²) in [5.41, 5.74) is 1.08. The number of nitrogens with one attached hydrogen (secondary N) is 1. The molecule has 2 saturated carbocycles. The molecule has 4 aromatic rings. The first kappa shape index (κ1) is 22.2. The highest BCUT2D eigenvalue weighted by molar-refractivity contribution is 5.97. The Bertz CT molecular complexity index is 1590. The highest BCUT2D eigenvalue weighted by atomic mass is 19.1. The van der Waals surface area contributed by atoms with E-state index in [0.29, 0.717) is 16.6 Å². The topological polar surface area (TPSA) is 101 Å². The third-order valence-corrected chi connectivity index (χ3v) is 6.94. The highest BCUT2D eigenvalue weighted by Gasteiger charge is 2.62. The average molecular weight is 483 g/mol. The number of carboxylic acid groups (broad SMARTS) is 1. The number of halogens is 1. The van der Waals surface area contributed by atoms with Gasteiger partial charge in [-0.1, -0.05) is 36.4 Å². The van der Waals surface area contributed by atoms with Gasteiger partial charge in [0.1, 0.15) is 11.2 Å². The van der Waals surface area contributed by atoms with Crippen molar-refractivity contribution in [3.8, 4) is 16.8 Å². The van der Waals surface area contributed by atoms with E-state index in [-0.39, 0.29) is 29.4 Å². The van der Waals surface area contributed by atoms with E-state index >= 15 is 0 Å². The third kappa shape index (κ3) is 3.75. The van der Waals surface area contributed by atoms with Gasteiger partial charge in [0, 0.05) is 36.5 Å². The molecule has 180 valence electrons. The number of pyridine rings is 2. The van der Waals surface area contributed by atoms with Gasteiger partial charge in [-0.25, -0.2) is 14.2 Å². The van der Waals surface area contributed by atoms with Crippen LogP contribution in [0.15, 0.2) is 77.9 Å². The lowest BCUT2D eigenvalue weighted by atomic mass is 10.0. The SMILES string of the molecule is O=C(NC1CC1)c1cn(-c2cccc(-c3ccc(C4CC4(F)C(=O)O)cc3)c2)c2ncccc2c1=O. The molecular weight excluding hydrogens is 461 g/mol. The summed E-state index contributed by atoms with van der Waals surface area (Å²) >= 11 is 0. The fourth-order valence-corrected chi connectivity index (χ4v) is 4.61. The Labute approximate surface area is 205 Å². The van der Waals surface area contributed by atoms with Gasteiger partial charge in [0.2, 0.25) is 11.1 Å². The molecule has 8 heteroatoms. The van der Waals surface area contributed by atoms with Crippen LogP contribution in [0.1, 0.15) is 41.1 Å². The Morgan fingerprint density at radius 3 is 2.53 bits per heavy atom. The summed E-state index contributed by atoms with van der Waals surface area (Å²) in [6, 6.07) is 18.2. The minimum Gasteiger partial charge on any atom is -0.479 e. The number of carbonyl (C=O) groups excluding carboxylic acids is 1. The molecule has 6 rings (SSSR count). The molecule has 2 aromatic carbocycles. The second kappa shape index (κ2) is 8.12. The second-order valence-electron chi connectivity index (χ2n) is 9.46. The summed E-state index contributed by atoms with van der Waals surface area (Å²) in [7, 11) is 0. The Balaban J connectivity index is 1.38. The lowest BCUT2D eigenvalue weighted by molar-refractivity contribution is -0.144. The molecule has 2 unspecified atom stereocenters. The summed E-state index contributed by atoms with van der Waals surface area (Å²) in [6.07, 6.45) is 4.96. The van der Waals surface area contributed by atoms with Crippen molar-refractivity contribution >= 4 is 22.9 Å². The van der Waals surface area contributed by atoms with Crippen LogP contribution in [-0.2, 0) is 4.79 Å². The van der Waals surface area contributed by atoms with Crippen molar-refractivity contribution in [2.75, 3.05) is 0 Å². The van der Waals surface area contributed by atoms with Gasteiger partial charge in [-0.3, -0.25) is 9.59 Å². The first-order valence-corrected chi connectivity index (χ1v) is 11.8. The van der Waals surface area contributed by atoms with Crippen LogP contribution < -0.4 is 10.7 Å². The van der Waals surface area contributed by atoms with E-state index in [1.165, 1.54) is 6.20 Å². The van der Waals surface area contributed by atoms with Crippen molar-refractivity contribution in [2.24, 2.45) is 0 Å². The zero-order chi connectivity index (χ0) is 25.0. The maximum Gasteiger partial charge on any atom is 0.342 e. The lowest BCUT2D eigenvalue weighted by Crippen LogP contribution is -2.31. The van der Waals surface area contributed by atoms with Crippen molar-refractivity contribution in [3.63, 3.8) is 0 Å². The van der Waals surface area contributed by atoms with Crippen molar-refractivity contribution in [2.45, 2.75) is 36.9 Å². The van der Waals surface area contributed by atoms with Crippen molar-refractivity contribution in [1.29, 1.82) is 0 Å². The van der Waals surface area contributed by atoms with Crippen LogP contribution in [0.4, 0.5) is 4.39 Å². The molecule has 0 aliphatic heterocycles. The van der Waals surface area contributed by atoms with Crippen LogP contribution in [0.25, 0.3) is 27.8 Å². The zero-order valence-electron chi connectivity index (χ0n) is 19.1. The number of carbonyl (C=O) groups is 2. The zero-order valence-corrected chi connectivity index (χ0v) is 19.1. The molecule has 2 N–H and O–H groups in total. The normalized spacial score (nSPS) is 20.8. The summed E-state index contributed by atoms with van der Waals surface area (Å²) in [4.78, 5) is 41.4. The molecule has 2 heterocycles. The van der Waals surface area contributed by atoms with Gasteiger partial charge in [0.15, 0.2) is 0 Å². The number of carboxylic acids is 1. The molecule has 7 nitrogen and oxygen atoms in total. The van der Waals surface area contributed by atoms with Gasteiger partial charge in [-0.2, -0.15) is 0 Å². The quantitative estimate of drug-likeness (QED) is 0.428. The van der Waals surface area contributed by atoms with E-state index in [1.807, 2.05) is 36.4 Å². The Morgan fingerprint density at radius 2 is 1.83 bits per heavy atom. The van der Waals surface area contributed by atoms with Gasteiger partial charge in [0.25, 0.3) is 5.91 Å². The first-order valence-electron chi connectivity index (χ1n) is 11.8. The number of fused-ring (bicyclic) bond motifs is 1. The molecule has 2 aliphatic rings. The molecule has 2 aromatic heterocycles. The van der Waals surface area contributed by atoms with E-state index in [2.05, 4.69) is 10.3 Å². The molecule has 0 bridgehead atoms. The second-order valence-corrected chi connectivity index (χ2v) is 9.46. The molecule has 0 spiro atoms. The van der Waals surface area contributed by atoms with Gasteiger partial charge < -0.3 is 15.0 Å². The van der Waals surface area contributed by atoms with Crippen molar-refractivity contribution in [3.05, 3.63) is 94.4 Å². The highest BCUT2D eigenvalue weighted by Crippen LogP contribution is 2.54. The fourth-order valence-electron chi connectivity index (χ4n) is 4.61. The van der Waals surface area contributed by atoms with E-state index < -0.39 is 17.6 Å². The van der Waals surface area contributed by atoms with Gasteiger partial charge in [0.05, 0.1) is 5.39 Å². The van der Waals surface area contributed by atoms with Crippen LogP contribution in [0.3, 0.4) is 0 Å². The molecule has 0 saturated heterocycles. The van der Waals surface area contributed by atoms with Gasteiger partial charge in [-0.05, 0) is 53.8 Å². The number of alkyl halides is 1. The van der Waals surface area contributed by atoms with E-state index in [9.17, 15) is 18.8 Å². The number of aromatic nitrogens is 2. The minimum atomic E-state index is -2.18. The van der Waals surface area contributed by atoms with Crippen molar-refractivity contribution in [1.82, 2.24) is 14.9 Å². The summed E-state index contributed by atoms with van der Waals surface area (Å²) in [6.45, 7) is 0. The number of rotatable bonds is 6. The summed E-state index contributed by atoms with van der Waals surface area (Å²) < 4.78 is 16.0. The molecule has 36 heavy (non-hydrogen) atoms. The summed E-state index contributed by atoms with van der Waals surface area (Å²) in [5, 5.41) is 12.3. The van der Waals surface area contributed by atoms with Crippen LogP contribution in [0.2, 0.25) is 0 Å². The third-order valence-electron chi connectivity index (χ3n) is 6.94. The largest absolute Gasteiger partial charge is 0.479 e. The Hall–Kier alpha value is -4.33. The molecule has 2 fully saturated rings. The molecule has 2 aliphatic carbocycles. The monoisotopic (exact) mass is 483 g/mol. The Morgan fingerprint density at radius 1 is 1.06 bits per heavy atom. The number of nitrogens with zero attached hydrogens (tertiary/aromatic N) is 2. The van der Waals surface area contributed by atoms with Gasteiger partial charge >= 0.3 is 5.97 Å². The van der Waals surface area contributed by atoms with Crippen LogP contribution >= 0.6 is 0 Å². The average Bonchev–Trinajstić information content (AvgIpc) is 3.82. The smallest absolute Gasteiger partial charge is 0.342 e. The predicted octanol–water partition coefficient (Wildman–Crippen LogP) is 4.23. The molecule has 2 atom stereocenters. The molecule has 1 amide bonds. The number of hydrogen-bond donors (Lipinski definition) is 2. The summed E-state index contributed by atoms with van der Waals surface area (Å²) in [5.74, 6) is -2.44. The van der Waals surface area contributed by atoms with Crippen molar-refractivity contribution < 1.29 is 19.1 Å². The Kier molecular flexibility index (Phi) is 5.00. The lowest BCUT2D eigenvalue weighted by Gasteiger charge is -2.14. The number of amides is 1. The molecular formula is C28H22FN3O4. The molecule has 0 radical (unpaired) electrons. The van der Waals surface area contributed by atoms with E-state index in [4.69, 9.17) is 5.11 Å². The predicted molar refractivity (Wildman–Crippen MR) is 132 cm³/mol. The van der Waals surface area contributed by atoms with Gasteiger partial charge in [-0.15, -0.1) is 0 Å². The maximum atomic E-state index is 14.3. The fraction of sp³-hybridized carbons (Fsp3) is 0.214. The standard InChI is InChI=1S/C28H22FN3O4/c29-28(27(35)36)14-23(28)17-8-6-16(7-9-17)18-3-1-4-20(13-18)32-15-22(26(34)31-19-10-11-19)24(33)21-5-2-12-30-25(21)32/h1-9,12-13,15,19,23H,10-11,14H2,(H,31,34)(H,35,36). The maximum absolute atomic E-state index is 14.3.